The predicted octanol–water partition coefficient (Wildman–Crippen LogP) is 3.43. The van der Waals surface area contributed by atoms with Gasteiger partial charge in [-0.15, -0.1) is 11.3 Å². The van der Waals surface area contributed by atoms with Crippen molar-refractivity contribution in [3.05, 3.63) is 56.7 Å². The van der Waals surface area contributed by atoms with E-state index in [0.717, 1.165) is 23.6 Å². The number of benzene rings is 1. The zero-order valence-corrected chi connectivity index (χ0v) is 11.8. The van der Waals surface area contributed by atoms with E-state index < -0.39 is 5.97 Å². The van der Waals surface area contributed by atoms with Crippen LogP contribution in [0.4, 0.5) is 0 Å². The number of halogens is 1. The fraction of sp³-hybridized carbons (Fsp3) is 0.214. The lowest BCUT2D eigenvalue weighted by Gasteiger charge is -2.05. The molecule has 100 valence electrons. The molecule has 0 bridgehead atoms. The Labute approximate surface area is 120 Å². The number of carboxylic acids is 1. The molecule has 3 nitrogen and oxygen atoms in total. The van der Waals surface area contributed by atoms with Gasteiger partial charge in [0.25, 0.3) is 0 Å². The van der Waals surface area contributed by atoms with Crippen molar-refractivity contribution in [3.63, 3.8) is 0 Å². The molecule has 2 N–H and O–H groups in total. The highest BCUT2D eigenvalue weighted by molar-refractivity contribution is 7.12. The number of carboxylic acid groups (broad SMARTS) is 1. The highest BCUT2D eigenvalue weighted by Gasteiger charge is 2.10. The third-order valence-electron chi connectivity index (χ3n) is 2.76. The molecule has 5 heteroatoms. The van der Waals surface area contributed by atoms with Crippen LogP contribution in [0.2, 0.25) is 5.02 Å². The number of carbonyl (C=O) groups is 1. The lowest BCUT2D eigenvalue weighted by atomic mass is 10.1. The first-order valence-electron chi connectivity index (χ1n) is 5.91. The number of rotatable bonds is 6. The summed E-state index contributed by atoms with van der Waals surface area (Å²) in [5.41, 5.74) is 2.05. The normalized spacial score (nSPS) is 10.6. The minimum absolute atomic E-state index is 0.416. The number of nitrogens with one attached hydrogen (secondary N) is 1. The van der Waals surface area contributed by atoms with Crippen LogP contribution in [0.25, 0.3) is 0 Å². The molecule has 0 amide bonds. The highest BCUT2D eigenvalue weighted by atomic mass is 35.5. The Hall–Kier alpha value is -1.36. The van der Waals surface area contributed by atoms with Crippen molar-refractivity contribution in [1.29, 1.82) is 0 Å². The molecule has 0 aliphatic carbocycles. The van der Waals surface area contributed by atoms with E-state index in [9.17, 15) is 4.79 Å². The Morgan fingerprint density at radius 1 is 1.26 bits per heavy atom. The van der Waals surface area contributed by atoms with Crippen molar-refractivity contribution in [2.45, 2.75) is 13.0 Å². The molecule has 0 fully saturated rings. The maximum Gasteiger partial charge on any atom is 0.346 e. The van der Waals surface area contributed by atoms with Gasteiger partial charge in [0.2, 0.25) is 0 Å². The van der Waals surface area contributed by atoms with Gasteiger partial charge in [-0.05, 0) is 47.7 Å². The molecule has 2 rings (SSSR count). The summed E-state index contributed by atoms with van der Waals surface area (Å²) in [7, 11) is 0. The zero-order chi connectivity index (χ0) is 13.7. The second-order valence-corrected chi connectivity index (χ2v) is 5.49. The first-order valence-corrected chi connectivity index (χ1v) is 7.17. The molecule has 1 heterocycles. The summed E-state index contributed by atoms with van der Waals surface area (Å²) in [6.45, 7) is 1.38. The first kappa shape index (κ1) is 14.1. The van der Waals surface area contributed by atoms with Crippen molar-refractivity contribution in [1.82, 2.24) is 5.32 Å². The fourth-order valence-corrected chi connectivity index (χ4v) is 2.66. The fourth-order valence-electron chi connectivity index (χ4n) is 1.77. The molecule has 0 aliphatic heterocycles. The Bertz CT molecular complexity index is 551. The maximum atomic E-state index is 10.9. The van der Waals surface area contributed by atoms with E-state index in [1.165, 1.54) is 16.9 Å². The topological polar surface area (TPSA) is 49.3 Å². The molecule has 1 aromatic carbocycles. The van der Waals surface area contributed by atoms with Gasteiger partial charge in [-0.2, -0.15) is 0 Å². The van der Waals surface area contributed by atoms with Gasteiger partial charge in [-0.25, -0.2) is 4.79 Å². The summed E-state index contributed by atoms with van der Waals surface area (Å²) < 4.78 is 0. The van der Waals surface area contributed by atoms with E-state index in [4.69, 9.17) is 16.7 Å². The number of hydrogen-bond acceptors (Lipinski definition) is 3. The van der Waals surface area contributed by atoms with Crippen LogP contribution in [0, 0.1) is 0 Å². The summed E-state index contributed by atoms with van der Waals surface area (Å²) in [4.78, 5) is 11.4. The minimum atomic E-state index is -0.857. The van der Waals surface area contributed by atoms with Gasteiger partial charge in [0, 0.05) is 11.6 Å². The van der Waals surface area contributed by atoms with Crippen molar-refractivity contribution in [2.75, 3.05) is 6.54 Å². The van der Waals surface area contributed by atoms with Crippen LogP contribution in [-0.4, -0.2) is 17.6 Å². The molecule has 2 aromatic rings. The molecule has 0 aliphatic rings. The molecule has 0 spiro atoms. The van der Waals surface area contributed by atoms with Crippen molar-refractivity contribution >= 4 is 28.9 Å². The molecule has 0 saturated heterocycles. The van der Waals surface area contributed by atoms with Crippen LogP contribution in [-0.2, 0) is 13.0 Å². The molecule has 0 radical (unpaired) electrons. The van der Waals surface area contributed by atoms with Gasteiger partial charge in [0.1, 0.15) is 4.88 Å². The summed E-state index contributed by atoms with van der Waals surface area (Å²) in [5.74, 6) is -0.857. The quantitative estimate of drug-likeness (QED) is 0.803. The third kappa shape index (κ3) is 4.06. The summed E-state index contributed by atoms with van der Waals surface area (Å²) in [5, 5.41) is 14.8. The Morgan fingerprint density at radius 3 is 2.68 bits per heavy atom. The van der Waals surface area contributed by atoms with Crippen LogP contribution < -0.4 is 5.32 Å². The smallest absolute Gasteiger partial charge is 0.346 e. The van der Waals surface area contributed by atoms with Crippen molar-refractivity contribution in [2.24, 2.45) is 0 Å². The third-order valence-corrected chi connectivity index (χ3v) is 3.96. The van der Waals surface area contributed by atoms with Crippen LogP contribution in [0.15, 0.2) is 35.7 Å². The van der Waals surface area contributed by atoms with Crippen LogP contribution >= 0.6 is 22.9 Å². The monoisotopic (exact) mass is 295 g/mol. The van der Waals surface area contributed by atoms with Crippen molar-refractivity contribution in [3.8, 4) is 0 Å². The largest absolute Gasteiger partial charge is 0.477 e. The predicted molar refractivity (Wildman–Crippen MR) is 78.1 cm³/mol. The molecule has 0 unspecified atom stereocenters. The standard InChI is InChI=1S/C14H14ClNO2S/c15-12-3-1-10(2-4-12)5-7-16-9-11-6-8-19-13(11)14(17)18/h1-4,6,8,16H,5,7,9H2,(H,17,18). The summed E-state index contributed by atoms with van der Waals surface area (Å²) >= 11 is 7.08. The van der Waals surface area contributed by atoms with Gasteiger partial charge in [-0.1, -0.05) is 23.7 Å². The molecule has 1 aromatic heterocycles. The lowest BCUT2D eigenvalue weighted by molar-refractivity contribution is 0.0701. The molecule has 0 saturated carbocycles. The van der Waals surface area contributed by atoms with Crippen LogP contribution in [0.3, 0.4) is 0 Å². The van der Waals surface area contributed by atoms with Gasteiger partial charge < -0.3 is 10.4 Å². The first-order chi connectivity index (χ1) is 9.16. The molecular formula is C14H14ClNO2S. The van der Waals surface area contributed by atoms with E-state index >= 15 is 0 Å². The van der Waals surface area contributed by atoms with E-state index in [0.29, 0.717) is 11.4 Å². The van der Waals surface area contributed by atoms with Gasteiger partial charge in [-0.3, -0.25) is 0 Å². The molecule has 19 heavy (non-hydrogen) atoms. The minimum Gasteiger partial charge on any atom is -0.477 e. The van der Waals surface area contributed by atoms with Crippen LogP contribution in [0.1, 0.15) is 20.8 Å². The SMILES string of the molecule is O=C(O)c1sccc1CNCCc1ccc(Cl)cc1. The Kier molecular flexibility index (Phi) is 4.96. The van der Waals surface area contributed by atoms with Gasteiger partial charge in [0.05, 0.1) is 0 Å². The van der Waals surface area contributed by atoms with Gasteiger partial charge >= 0.3 is 5.97 Å². The van der Waals surface area contributed by atoms with E-state index in [1.807, 2.05) is 30.3 Å². The van der Waals surface area contributed by atoms with Crippen LogP contribution in [0.5, 0.6) is 0 Å². The molecular weight excluding hydrogens is 282 g/mol. The van der Waals surface area contributed by atoms with E-state index in [2.05, 4.69) is 5.32 Å². The van der Waals surface area contributed by atoms with Crippen molar-refractivity contribution < 1.29 is 9.90 Å². The van der Waals surface area contributed by atoms with E-state index in [1.54, 1.807) is 5.38 Å². The average molecular weight is 296 g/mol. The lowest BCUT2D eigenvalue weighted by Crippen LogP contribution is -2.17. The number of thiophene rings is 1. The average Bonchev–Trinajstić information content (AvgIpc) is 2.85. The molecule has 0 atom stereocenters. The Balaban J connectivity index is 1.79. The summed E-state index contributed by atoms with van der Waals surface area (Å²) in [6, 6.07) is 9.59. The summed E-state index contributed by atoms with van der Waals surface area (Å²) in [6.07, 6.45) is 0.893. The number of aromatic carboxylic acids is 1. The van der Waals surface area contributed by atoms with Gasteiger partial charge in [0.15, 0.2) is 0 Å². The highest BCUT2D eigenvalue weighted by Crippen LogP contribution is 2.16. The number of hydrogen-bond donors (Lipinski definition) is 2. The Morgan fingerprint density at radius 2 is 2.00 bits per heavy atom. The second kappa shape index (κ2) is 6.70. The zero-order valence-electron chi connectivity index (χ0n) is 10.2. The second-order valence-electron chi connectivity index (χ2n) is 4.13. The van der Waals surface area contributed by atoms with E-state index in [-0.39, 0.29) is 0 Å². The maximum absolute atomic E-state index is 10.9.